The van der Waals surface area contributed by atoms with Crippen LogP contribution in [0.3, 0.4) is 0 Å². The molecule has 10 nitrogen and oxygen atoms in total. The van der Waals surface area contributed by atoms with E-state index in [1.165, 1.54) is 12.1 Å². The Morgan fingerprint density at radius 1 is 1.06 bits per heavy atom. The van der Waals surface area contributed by atoms with E-state index in [2.05, 4.69) is 26.0 Å². The van der Waals surface area contributed by atoms with Crippen molar-refractivity contribution in [3.63, 3.8) is 0 Å². The molecule has 33 heavy (non-hydrogen) atoms. The first-order valence-corrected chi connectivity index (χ1v) is 9.74. The molecule has 4 rings (SSSR count). The minimum atomic E-state index is -4.52. The highest BCUT2D eigenvalue weighted by atomic mass is 19.4. The summed E-state index contributed by atoms with van der Waals surface area (Å²) in [5, 5.41) is 15.8. The van der Waals surface area contributed by atoms with Crippen molar-refractivity contribution in [3.8, 4) is 22.9 Å². The summed E-state index contributed by atoms with van der Waals surface area (Å²) in [6, 6.07) is 8.42. The number of carbonyl (C=O) groups excluding carboxylic acids is 2. The number of urea groups is 1. The number of alkyl halides is 3. The van der Waals surface area contributed by atoms with E-state index in [9.17, 15) is 22.8 Å². The van der Waals surface area contributed by atoms with Crippen molar-refractivity contribution in [1.82, 2.24) is 25.5 Å². The molecule has 0 atom stereocenters. The van der Waals surface area contributed by atoms with Crippen LogP contribution in [0.5, 0.6) is 11.5 Å². The van der Waals surface area contributed by atoms with Gasteiger partial charge in [-0.25, -0.2) is 4.79 Å². The molecule has 3 amide bonds. The van der Waals surface area contributed by atoms with Crippen molar-refractivity contribution in [1.29, 1.82) is 0 Å². The molecule has 2 N–H and O–H groups in total. The number of anilines is 1. The number of ether oxygens (including phenoxy) is 2. The van der Waals surface area contributed by atoms with Gasteiger partial charge in [-0.05, 0) is 29.5 Å². The van der Waals surface area contributed by atoms with Crippen LogP contribution in [0.2, 0.25) is 0 Å². The molecule has 0 saturated carbocycles. The fourth-order valence-corrected chi connectivity index (χ4v) is 2.96. The maximum absolute atomic E-state index is 12.9. The average Bonchev–Trinajstić information content (AvgIpc) is 3.09. The summed E-state index contributed by atoms with van der Waals surface area (Å²) in [6.45, 7) is 0.537. The van der Waals surface area contributed by atoms with Gasteiger partial charge in [-0.15, -0.1) is 10.2 Å². The molecule has 1 aromatic heterocycles. The van der Waals surface area contributed by atoms with Gasteiger partial charge in [-0.2, -0.15) is 18.0 Å². The molecule has 0 aliphatic carbocycles. The van der Waals surface area contributed by atoms with Crippen molar-refractivity contribution >= 4 is 17.6 Å². The number of rotatable bonds is 4. The van der Waals surface area contributed by atoms with Crippen LogP contribution in [0.25, 0.3) is 11.4 Å². The molecule has 2 heterocycles. The zero-order chi connectivity index (χ0) is 23.4. The fraction of sp³-hybridized carbons (Fsp3) is 0.250. The maximum atomic E-state index is 12.9. The zero-order valence-electron chi connectivity index (χ0n) is 16.9. The molecule has 0 saturated heterocycles. The monoisotopic (exact) mass is 462 g/mol. The normalized spacial score (nSPS) is 13.2. The van der Waals surface area contributed by atoms with E-state index in [4.69, 9.17) is 9.47 Å². The number of nitrogens with one attached hydrogen (secondary N) is 2. The average molecular weight is 462 g/mol. The second-order valence-corrected chi connectivity index (χ2v) is 6.94. The Balaban J connectivity index is 1.35. The summed E-state index contributed by atoms with van der Waals surface area (Å²) in [5.41, 5.74) is -0.389. The van der Waals surface area contributed by atoms with Gasteiger partial charge in [0.05, 0.1) is 18.8 Å². The molecular weight excluding hydrogens is 445 g/mol. The van der Waals surface area contributed by atoms with E-state index < -0.39 is 30.2 Å². The van der Waals surface area contributed by atoms with Gasteiger partial charge in [0.15, 0.2) is 11.5 Å². The van der Waals surface area contributed by atoms with E-state index in [0.29, 0.717) is 30.4 Å². The fourth-order valence-electron chi connectivity index (χ4n) is 2.96. The number of carbonyl (C=O) groups is 2. The van der Waals surface area contributed by atoms with Gasteiger partial charge in [-0.1, -0.05) is 12.1 Å². The topological polar surface area (TPSA) is 120 Å². The largest absolute Gasteiger partial charge is 0.490 e. The van der Waals surface area contributed by atoms with E-state index >= 15 is 0 Å². The second-order valence-electron chi connectivity index (χ2n) is 6.94. The van der Waals surface area contributed by atoms with Gasteiger partial charge < -0.3 is 14.8 Å². The molecule has 3 aromatic rings. The third-order valence-corrected chi connectivity index (χ3v) is 4.44. The van der Waals surface area contributed by atoms with Crippen LogP contribution in [0, 0.1) is 0 Å². The maximum Gasteiger partial charge on any atom is 0.416 e. The van der Waals surface area contributed by atoms with Crippen LogP contribution in [0.1, 0.15) is 12.0 Å². The lowest BCUT2D eigenvalue weighted by molar-refractivity contribution is -0.137. The molecule has 1 aliphatic rings. The predicted molar refractivity (Wildman–Crippen MR) is 107 cm³/mol. The van der Waals surface area contributed by atoms with E-state index in [1.807, 2.05) is 0 Å². The van der Waals surface area contributed by atoms with Crippen molar-refractivity contribution in [3.05, 3.63) is 48.0 Å². The Morgan fingerprint density at radius 3 is 2.64 bits per heavy atom. The summed E-state index contributed by atoms with van der Waals surface area (Å²) in [7, 11) is 0. The molecular formula is C20H17F3N6O4. The number of benzene rings is 2. The number of aromatic nitrogens is 4. The highest BCUT2D eigenvalue weighted by molar-refractivity contribution is 6.01. The molecule has 0 fully saturated rings. The smallest absolute Gasteiger partial charge is 0.416 e. The first kappa shape index (κ1) is 22.0. The minimum Gasteiger partial charge on any atom is -0.490 e. The summed E-state index contributed by atoms with van der Waals surface area (Å²) in [5.74, 6) is 0.189. The number of fused-ring (bicyclic) bond motifs is 1. The summed E-state index contributed by atoms with van der Waals surface area (Å²) in [6.07, 6.45) is -3.78. The van der Waals surface area contributed by atoms with Crippen LogP contribution in [0.15, 0.2) is 42.5 Å². The van der Waals surface area contributed by atoms with Gasteiger partial charge in [-0.3, -0.25) is 10.1 Å². The quantitative estimate of drug-likeness (QED) is 0.612. The Kier molecular flexibility index (Phi) is 6.11. The molecule has 0 spiro atoms. The third-order valence-electron chi connectivity index (χ3n) is 4.44. The van der Waals surface area contributed by atoms with Gasteiger partial charge in [0.25, 0.3) is 5.91 Å². The van der Waals surface area contributed by atoms with Gasteiger partial charge in [0, 0.05) is 23.7 Å². The molecule has 2 aromatic carbocycles. The Labute approximate surface area is 184 Å². The van der Waals surface area contributed by atoms with Crippen LogP contribution < -0.4 is 20.1 Å². The van der Waals surface area contributed by atoms with Gasteiger partial charge in [0.2, 0.25) is 5.82 Å². The van der Waals surface area contributed by atoms with E-state index in [-0.39, 0.29) is 11.4 Å². The Hall–Kier alpha value is -4.16. The number of halogens is 3. The number of hydrogen-bond acceptors (Lipinski definition) is 7. The number of hydrogen-bond donors (Lipinski definition) is 2. The Bertz CT molecular complexity index is 1180. The minimum absolute atomic E-state index is 0.0867. The second kappa shape index (κ2) is 9.14. The standard InChI is InChI=1S/C20H17F3N6O4/c21-20(22,23)13-4-1-3-12(9-13)18-26-28-29(27-18)11-17(30)25-19(31)24-14-5-6-15-16(10-14)33-8-2-7-32-15/h1,3-6,9-10H,2,7-8,11H2,(H2,24,25,30,31). The van der Waals surface area contributed by atoms with E-state index in [1.54, 1.807) is 18.2 Å². The van der Waals surface area contributed by atoms with Gasteiger partial charge >= 0.3 is 12.2 Å². The number of amides is 3. The molecule has 1 aliphatic heterocycles. The molecule has 0 bridgehead atoms. The first-order chi connectivity index (χ1) is 15.8. The zero-order valence-corrected chi connectivity index (χ0v) is 16.9. The highest BCUT2D eigenvalue weighted by Gasteiger charge is 2.30. The van der Waals surface area contributed by atoms with Gasteiger partial charge in [0.1, 0.15) is 6.54 Å². The SMILES string of the molecule is O=C(Cn1nnc(-c2cccc(C(F)(F)F)c2)n1)NC(=O)Nc1ccc2c(c1)OCCCO2. The van der Waals surface area contributed by atoms with Crippen LogP contribution >= 0.6 is 0 Å². The van der Waals surface area contributed by atoms with Crippen LogP contribution in [-0.4, -0.2) is 45.4 Å². The Morgan fingerprint density at radius 2 is 1.85 bits per heavy atom. The molecule has 0 unspecified atom stereocenters. The van der Waals surface area contributed by atoms with E-state index in [0.717, 1.165) is 23.4 Å². The highest BCUT2D eigenvalue weighted by Crippen LogP contribution is 2.32. The van der Waals surface area contributed by atoms with Crippen molar-refractivity contribution in [2.45, 2.75) is 19.1 Å². The summed E-state index contributed by atoms with van der Waals surface area (Å²) < 4.78 is 49.7. The summed E-state index contributed by atoms with van der Waals surface area (Å²) >= 11 is 0. The molecule has 0 radical (unpaired) electrons. The first-order valence-electron chi connectivity index (χ1n) is 9.74. The lowest BCUT2D eigenvalue weighted by Gasteiger charge is -2.10. The predicted octanol–water partition coefficient (Wildman–Crippen LogP) is 2.87. The number of nitrogens with zero attached hydrogens (tertiary/aromatic N) is 4. The molecule has 13 heteroatoms. The lowest BCUT2D eigenvalue weighted by atomic mass is 10.1. The third kappa shape index (κ3) is 5.56. The lowest BCUT2D eigenvalue weighted by Crippen LogP contribution is -2.37. The van der Waals surface area contributed by atoms with Crippen molar-refractivity contribution in [2.24, 2.45) is 0 Å². The number of tetrazole rings is 1. The van der Waals surface area contributed by atoms with Crippen molar-refractivity contribution < 1.29 is 32.2 Å². The summed E-state index contributed by atoms with van der Waals surface area (Å²) in [4.78, 5) is 25.1. The van der Waals surface area contributed by atoms with Crippen LogP contribution in [0.4, 0.5) is 23.7 Å². The van der Waals surface area contributed by atoms with Crippen molar-refractivity contribution in [2.75, 3.05) is 18.5 Å². The molecule has 172 valence electrons. The number of imide groups is 1. The van der Waals surface area contributed by atoms with Crippen LogP contribution in [-0.2, 0) is 17.5 Å².